The third kappa shape index (κ3) is 3.71. The van der Waals surface area contributed by atoms with Crippen LogP contribution < -0.4 is 10.1 Å². The van der Waals surface area contributed by atoms with Gasteiger partial charge in [-0.3, -0.25) is 4.98 Å². The second kappa shape index (κ2) is 6.25. The molecule has 1 fully saturated rings. The van der Waals surface area contributed by atoms with Crippen LogP contribution in [-0.4, -0.2) is 11.0 Å². The minimum atomic E-state index is 0.459. The van der Waals surface area contributed by atoms with Gasteiger partial charge in [-0.05, 0) is 31.0 Å². The van der Waals surface area contributed by atoms with Crippen molar-refractivity contribution >= 4 is 11.6 Å². The molecule has 1 heterocycles. The van der Waals surface area contributed by atoms with Crippen LogP contribution >= 0.6 is 11.6 Å². The van der Waals surface area contributed by atoms with Gasteiger partial charge in [0, 0.05) is 23.2 Å². The van der Waals surface area contributed by atoms with Gasteiger partial charge in [-0.1, -0.05) is 29.8 Å². The number of aromatic nitrogens is 1. The first kappa shape index (κ1) is 13.4. The van der Waals surface area contributed by atoms with E-state index in [1.54, 1.807) is 6.20 Å². The van der Waals surface area contributed by atoms with Crippen molar-refractivity contribution in [3.05, 3.63) is 58.9 Å². The Bertz CT molecular complexity index is 567. The van der Waals surface area contributed by atoms with E-state index in [1.165, 1.54) is 12.8 Å². The first-order chi connectivity index (χ1) is 9.81. The van der Waals surface area contributed by atoms with Gasteiger partial charge < -0.3 is 10.1 Å². The lowest BCUT2D eigenvalue weighted by molar-refractivity contribution is 0.305. The lowest BCUT2D eigenvalue weighted by atomic mass is 10.2. The second-order valence-corrected chi connectivity index (χ2v) is 5.43. The lowest BCUT2D eigenvalue weighted by Gasteiger charge is -2.08. The number of nitrogens with one attached hydrogen (secondary N) is 1. The van der Waals surface area contributed by atoms with Crippen LogP contribution in [0.3, 0.4) is 0 Å². The Hall–Kier alpha value is -1.58. The van der Waals surface area contributed by atoms with Crippen LogP contribution in [0, 0.1) is 0 Å². The van der Waals surface area contributed by atoms with Crippen molar-refractivity contribution in [1.82, 2.24) is 10.3 Å². The van der Waals surface area contributed by atoms with Gasteiger partial charge in [0.1, 0.15) is 12.4 Å². The van der Waals surface area contributed by atoms with Gasteiger partial charge in [0.25, 0.3) is 0 Å². The smallest absolute Gasteiger partial charge is 0.138 e. The molecule has 1 aromatic carbocycles. The molecule has 1 N–H and O–H groups in total. The van der Waals surface area contributed by atoms with E-state index in [4.69, 9.17) is 16.3 Å². The van der Waals surface area contributed by atoms with Crippen molar-refractivity contribution in [2.24, 2.45) is 0 Å². The Morgan fingerprint density at radius 1 is 1.20 bits per heavy atom. The molecule has 4 heteroatoms. The van der Waals surface area contributed by atoms with Gasteiger partial charge in [0.05, 0.1) is 11.9 Å². The highest BCUT2D eigenvalue weighted by molar-refractivity contribution is 6.31. The van der Waals surface area contributed by atoms with E-state index in [-0.39, 0.29) is 0 Å². The van der Waals surface area contributed by atoms with Crippen molar-refractivity contribution in [2.45, 2.75) is 32.0 Å². The molecule has 0 atom stereocenters. The molecule has 0 aliphatic heterocycles. The van der Waals surface area contributed by atoms with Gasteiger partial charge in [-0.25, -0.2) is 0 Å². The topological polar surface area (TPSA) is 34.1 Å². The Balaban J connectivity index is 1.53. The fourth-order valence-electron chi connectivity index (χ4n) is 1.91. The summed E-state index contributed by atoms with van der Waals surface area (Å²) in [5, 5.41) is 4.16. The van der Waals surface area contributed by atoms with E-state index in [1.807, 2.05) is 36.4 Å². The number of hydrogen-bond acceptors (Lipinski definition) is 3. The molecule has 1 saturated carbocycles. The molecule has 0 bridgehead atoms. The molecule has 0 amide bonds. The van der Waals surface area contributed by atoms with Crippen molar-refractivity contribution in [1.29, 1.82) is 0 Å². The van der Waals surface area contributed by atoms with E-state index < -0.39 is 0 Å². The molecular formula is C16H17ClN2O. The summed E-state index contributed by atoms with van der Waals surface area (Å²) in [7, 11) is 0. The van der Waals surface area contributed by atoms with Gasteiger partial charge in [-0.15, -0.1) is 0 Å². The summed E-state index contributed by atoms with van der Waals surface area (Å²) >= 11 is 6.09. The van der Waals surface area contributed by atoms with Crippen LogP contribution in [0.15, 0.2) is 42.6 Å². The van der Waals surface area contributed by atoms with Crippen LogP contribution in [0.4, 0.5) is 0 Å². The normalized spacial score (nSPS) is 14.2. The van der Waals surface area contributed by atoms with Gasteiger partial charge >= 0.3 is 0 Å². The zero-order valence-corrected chi connectivity index (χ0v) is 11.9. The fourth-order valence-corrected chi connectivity index (χ4v) is 2.10. The summed E-state index contributed by atoms with van der Waals surface area (Å²) in [6.45, 7) is 1.29. The number of hydrogen-bond donors (Lipinski definition) is 1. The monoisotopic (exact) mass is 288 g/mol. The van der Waals surface area contributed by atoms with E-state index in [9.17, 15) is 0 Å². The molecule has 1 aliphatic carbocycles. The van der Waals surface area contributed by atoms with Crippen molar-refractivity contribution in [2.75, 3.05) is 0 Å². The number of benzene rings is 1. The highest BCUT2D eigenvalue weighted by Gasteiger charge is 2.20. The first-order valence-electron chi connectivity index (χ1n) is 6.86. The average molecular weight is 289 g/mol. The highest BCUT2D eigenvalue weighted by Crippen LogP contribution is 2.20. The third-order valence-electron chi connectivity index (χ3n) is 3.30. The van der Waals surface area contributed by atoms with Crippen LogP contribution in [0.1, 0.15) is 24.1 Å². The summed E-state index contributed by atoms with van der Waals surface area (Å²) in [6, 6.07) is 12.3. The maximum Gasteiger partial charge on any atom is 0.138 e. The third-order valence-corrected chi connectivity index (χ3v) is 3.67. The molecule has 20 heavy (non-hydrogen) atoms. The molecule has 1 aromatic heterocycles. The molecule has 0 spiro atoms. The van der Waals surface area contributed by atoms with Gasteiger partial charge in [-0.2, -0.15) is 0 Å². The predicted octanol–water partition coefficient (Wildman–Crippen LogP) is 3.57. The zero-order chi connectivity index (χ0) is 13.8. The number of ether oxygens (including phenoxy) is 1. The summed E-state index contributed by atoms with van der Waals surface area (Å²) < 4.78 is 5.70. The van der Waals surface area contributed by atoms with Crippen LogP contribution in [-0.2, 0) is 13.2 Å². The maximum atomic E-state index is 6.09. The quantitative estimate of drug-likeness (QED) is 0.882. The summed E-state index contributed by atoms with van der Waals surface area (Å²) in [4.78, 5) is 4.39. The molecule has 3 nitrogen and oxygen atoms in total. The molecule has 104 valence electrons. The molecule has 0 saturated heterocycles. The van der Waals surface area contributed by atoms with E-state index in [2.05, 4.69) is 10.3 Å². The van der Waals surface area contributed by atoms with E-state index >= 15 is 0 Å². The van der Waals surface area contributed by atoms with E-state index in [0.29, 0.717) is 12.6 Å². The Morgan fingerprint density at radius 3 is 2.75 bits per heavy atom. The molecule has 0 unspecified atom stereocenters. The largest absolute Gasteiger partial charge is 0.487 e. The fraction of sp³-hybridized carbons (Fsp3) is 0.312. The second-order valence-electron chi connectivity index (χ2n) is 5.02. The maximum absolute atomic E-state index is 6.09. The highest BCUT2D eigenvalue weighted by atomic mass is 35.5. The minimum absolute atomic E-state index is 0.459. The molecule has 3 rings (SSSR count). The zero-order valence-electron chi connectivity index (χ0n) is 11.2. The van der Waals surface area contributed by atoms with Gasteiger partial charge in [0.2, 0.25) is 0 Å². The first-order valence-corrected chi connectivity index (χ1v) is 7.23. The van der Waals surface area contributed by atoms with Crippen molar-refractivity contribution < 1.29 is 4.74 Å². The van der Waals surface area contributed by atoms with Gasteiger partial charge in [0.15, 0.2) is 0 Å². The lowest BCUT2D eigenvalue weighted by Crippen LogP contribution is -2.16. The number of pyridine rings is 1. The predicted molar refractivity (Wildman–Crippen MR) is 79.9 cm³/mol. The van der Waals surface area contributed by atoms with Crippen LogP contribution in [0.5, 0.6) is 5.75 Å². The van der Waals surface area contributed by atoms with Crippen molar-refractivity contribution in [3.8, 4) is 5.75 Å². The standard InChI is InChI=1S/C16H17ClN2O/c17-16-4-2-1-3-12(16)11-20-15-8-7-14(19-10-15)9-18-13-5-6-13/h1-4,7-8,10,13,18H,5-6,9,11H2. The SMILES string of the molecule is Clc1ccccc1COc1ccc(CNC2CC2)nc1. The minimum Gasteiger partial charge on any atom is -0.487 e. The van der Waals surface area contributed by atoms with Crippen molar-refractivity contribution in [3.63, 3.8) is 0 Å². The summed E-state index contributed by atoms with van der Waals surface area (Å²) in [6.07, 6.45) is 4.35. The molecule has 1 aliphatic rings. The van der Waals surface area contributed by atoms with Crippen LogP contribution in [0.25, 0.3) is 0 Å². The summed E-state index contributed by atoms with van der Waals surface area (Å²) in [5.41, 5.74) is 2.02. The molecular weight excluding hydrogens is 272 g/mol. The molecule has 2 aromatic rings. The number of rotatable bonds is 6. The van der Waals surface area contributed by atoms with Crippen LogP contribution in [0.2, 0.25) is 5.02 Å². The average Bonchev–Trinajstić information content (AvgIpc) is 3.30. The molecule has 0 radical (unpaired) electrons. The number of halogens is 1. The Labute approximate surface area is 123 Å². The summed E-state index contributed by atoms with van der Waals surface area (Å²) in [5.74, 6) is 0.764. The Kier molecular flexibility index (Phi) is 4.19. The Morgan fingerprint density at radius 2 is 2.05 bits per heavy atom. The van der Waals surface area contributed by atoms with E-state index in [0.717, 1.165) is 28.6 Å². The number of nitrogens with zero attached hydrogens (tertiary/aromatic N) is 1.